The van der Waals surface area contributed by atoms with Crippen molar-refractivity contribution in [3.63, 3.8) is 0 Å². The van der Waals surface area contributed by atoms with Crippen molar-refractivity contribution >= 4 is 22.8 Å². The number of nitrogens with zero attached hydrogens (tertiary/aromatic N) is 1. The lowest BCUT2D eigenvalue weighted by atomic mass is 10.0. The van der Waals surface area contributed by atoms with Gasteiger partial charge in [0.25, 0.3) is 5.91 Å². The maximum Gasteiger partial charge on any atom is 0.337 e. The van der Waals surface area contributed by atoms with Crippen LogP contribution in [0.3, 0.4) is 0 Å². The Morgan fingerprint density at radius 1 is 1.30 bits per heavy atom. The van der Waals surface area contributed by atoms with Gasteiger partial charge < -0.3 is 15.5 Å². The molecule has 0 fully saturated rings. The lowest BCUT2D eigenvalue weighted by Crippen LogP contribution is -2.46. The summed E-state index contributed by atoms with van der Waals surface area (Å²) in [5, 5.41) is 21.8. The molecule has 23 heavy (non-hydrogen) atoms. The van der Waals surface area contributed by atoms with Crippen LogP contribution in [0.2, 0.25) is 0 Å². The molecule has 6 heteroatoms. The zero-order chi connectivity index (χ0) is 17.2. The Labute approximate surface area is 134 Å². The summed E-state index contributed by atoms with van der Waals surface area (Å²) >= 11 is 0. The number of carbonyl (C=O) groups is 2. The fourth-order valence-electron chi connectivity index (χ4n) is 2.10. The van der Waals surface area contributed by atoms with Crippen LogP contribution >= 0.6 is 0 Å². The third-order valence-electron chi connectivity index (χ3n) is 3.63. The third kappa shape index (κ3) is 3.65. The first-order chi connectivity index (χ1) is 10.7. The van der Waals surface area contributed by atoms with Crippen LogP contribution in [0.5, 0.6) is 0 Å². The number of carbonyl (C=O) groups excluding carboxylic acids is 1. The van der Waals surface area contributed by atoms with Gasteiger partial charge in [-0.25, -0.2) is 4.79 Å². The predicted octanol–water partition coefficient (Wildman–Crippen LogP) is 1.92. The van der Waals surface area contributed by atoms with E-state index in [1.165, 1.54) is 0 Å². The van der Waals surface area contributed by atoms with Gasteiger partial charge in [0.15, 0.2) is 5.60 Å². The van der Waals surface area contributed by atoms with E-state index in [0.717, 1.165) is 12.6 Å². The number of aromatic nitrogens is 1. The topological polar surface area (TPSA) is 99.5 Å². The molecule has 3 N–H and O–H groups in total. The first-order valence-electron chi connectivity index (χ1n) is 7.36. The average molecular weight is 316 g/mol. The molecular formula is C17H20N2O4. The van der Waals surface area contributed by atoms with E-state index in [1.54, 1.807) is 12.1 Å². The van der Waals surface area contributed by atoms with Crippen molar-refractivity contribution in [3.8, 4) is 0 Å². The number of carboxylic acids is 1. The summed E-state index contributed by atoms with van der Waals surface area (Å²) in [5.74, 6) is -1.68. The Kier molecular flexibility index (Phi) is 4.65. The van der Waals surface area contributed by atoms with Crippen LogP contribution in [0, 0.1) is 0 Å². The highest BCUT2D eigenvalue weighted by Crippen LogP contribution is 2.22. The van der Waals surface area contributed by atoms with Crippen molar-refractivity contribution in [1.82, 2.24) is 10.3 Å². The van der Waals surface area contributed by atoms with Gasteiger partial charge in [0, 0.05) is 11.1 Å². The Morgan fingerprint density at radius 2 is 1.96 bits per heavy atom. The van der Waals surface area contributed by atoms with Crippen LogP contribution in [-0.2, 0) is 4.79 Å². The Balaban J connectivity index is 2.38. The summed E-state index contributed by atoms with van der Waals surface area (Å²) in [6, 6.07) is 8.97. The second-order valence-electron chi connectivity index (χ2n) is 6.03. The molecule has 1 amide bonds. The van der Waals surface area contributed by atoms with Crippen molar-refractivity contribution in [2.24, 2.45) is 0 Å². The van der Waals surface area contributed by atoms with E-state index < -0.39 is 17.5 Å². The number of carboxylic acid groups (broad SMARTS) is 1. The molecule has 0 radical (unpaired) electrons. The largest absolute Gasteiger partial charge is 0.479 e. The number of hydrogen-bond acceptors (Lipinski definition) is 4. The maximum atomic E-state index is 12.5. The van der Waals surface area contributed by atoms with Crippen LogP contribution < -0.4 is 5.32 Å². The molecule has 1 unspecified atom stereocenters. The molecule has 0 saturated carbocycles. The molecule has 1 aromatic heterocycles. The number of pyridine rings is 1. The number of rotatable bonds is 5. The molecule has 0 aliphatic carbocycles. The van der Waals surface area contributed by atoms with Gasteiger partial charge in [0.1, 0.15) is 0 Å². The van der Waals surface area contributed by atoms with E-state index in [-0.39, 0.29) is 12.5 Å². The highest BCUT2D eigenvalue weighted by atomic mass is 16.4. The number of para-hydroxylation sites is 1. The summed E-state index contributed by atoms with van der Waals surface area (Å²) in [7, 11) is 0. The predicted molar refractivity (Wildman–Crippen MR) is 86.4 cm³/mol. The smallest absolute Gasteiger partial charge is 0.337 e. The highest BCUT2D eigenvalue weighted by molar-refractivity contribution is 6.06. The lowest BCUT2D eigenvalue weighted by Gasteiger charge is -2.19. The standard InChI is InChI=1S/C17H20N2O4/c1-10(2)14-8-12(11-6-4-5-7-13(11)19-14)15(20)18-9-17(3,23)16(21)22/h4-8,10,23H,9H2,1-3H3,(H,18,20)(H,21,22). The fraction of sp³-hybridized carbons (Fsp3) is 0.353. The maximum absolute atomic E-state index is 12.5. The number of aliphatic hydroxyl groups is 1. The monoisotopic (exact) mass is 316 g/mol. The average Bonchev–Trinajstić information content (AvgIpc) is 2.51. The summed E-state index contributed by atoms with van der Waals surface area (Å²) in [4.78, 5) is 27.9. The van der Waals surface area contributed by atoms with Crippen LogP contribution in [0.15, 0.2) is 30.3 Å². The van der Waals surface area contributed by atoms with Gasteiger partial charge in [-0.3, -0.25) is 9.78 Å². The summed E-state index contributed by atoms with van der Waals surface area (Å²) in [6.45, 7) is 4.72. The van der Waals surface area contributed by atoms with Gasteiger partial charge in [0.2, 0.25) is 0 Å². The summed E-state index contributed by atoms with van der Waals surface area (Å²) < 4.78 is 0. The van der Waals surface area contributed by atoms with Crippen molar-refractivity contribution in [2.45, 2.75) is 32.3 Å². The van der Waals surface area contributed by atoms with Crippen molar-refractivity contribution in [1.29, 1.82) is 0 Å². The van der Waals surface area contributed by atoms with Gasteiger partial charge >= 0.3 is 5.97 Å². The quantitative estimate of drug-likeness (QED) is 0.782. The number of nitrogens with one attached hydrogen (secondary N) is 1. The van der Waals surface area contributed by atoms with Crippen LogP contribution in [0.1, 0.15) is 42.7 Å². The van der Waals surface area contributed by atoms with Crippen LogP contribution in [0.4, 0.5) is 0 Å². The van der Waals surface area contributed by atoms with E-state index in [9.17, 15) is 14.7 Å². The molecule has 2 aromatic rings. The lowest BCUT2D eigenvalue weighted by molar-refractivity contribution is -0.155. The van der Waals surface area contributed by atoms with E-state index in [1.807, 2.05) is 32.0 Å². The molecule has 6 nitrogen and oxygen atoms in total. The van der Waals surface area contributed by atoms with E-state index in [0.29, 0.717) is 16.5 Å². The zero-order valence-electron chi connectivity index (χ0n) is 13.3. The second kappa shape index (κ2) is 6.34. The number of aliphatic carboxylic acids is 1. The fourth-order valence-corrected chi connectivity index (χ4v) is 2.10. The van der Waals surface area contributed by atoms with E-state index in [4.69, 9.17) is 5.11 Å². The molecule has 1 aromatic carbocycles. The molecule has 2 rings (SSSR count). The van der Waals surface area contributed by atoms with Crippen molar-refractivity contribution in [2.75, 3.05) is 6.54 Å². The molecule has 0 aliphatic rings. The van der Waals surface area contributed by atoms with Crippen molar-refractivity contribution in [3.05, 3.63) is 41.6 Å². The first-order valence-corrected chi connectivity index (χ1v) is 7.36. The van der Waals surface area contributed by atoms with Crippen molar-refractivity contribution < 1.29 is 19.8 Å². The first kappa shape index (κ1) is 16.9. The molecule has 0 aliphatic heterocycles. The van der Waals surface area contributed by atoms with Gasteiger partial charge in [-0.2, -0.15) is 0 Å². The number of benzene rings is 1. The zero-order valence-corrected chi connectivity index (χ0v) is 13.3. The number of amides is 1. The van der Waals surface area contributed by atoms with Gasteiger partial charge in [0.05, 0.1) is 17.6 Å². The van der Waals surface area contributed by atoms with Gasteiger partial charge in [-0.05, 0) is 25.0 Å². The molecule has 0 bridgehead atoms. The number of fused-ring (bicyclic) bond motifs is 1. The molecule has 122 valence electrons. The Morgan fingerprint density at radius 3 is 2.57 bits per heavy atom. The van der Waals surface area contributed by atoms with Gasteiger partial charge in [-0.1, -0.05) is 32.0 Å². The molecule has 1 heterocycles. The molecular weight excluding hydrogens is 296 g/mol. The Bertz CT molecular complexity index is 753. The van der Waals surface area contributed by atoms with Gasteiger partial charge in [-0.15, -0.1) is 0 Å². The highest BCUT2D eigenvalue weighted by Gasteiger charge is 2.30. The minimum atomic E-state index is -2.01. The second-order valence-corrected chi connectivity index (χ2v) is 6.03. The van der Waals surface area contributed by atoms with E-state index >= 15 is 0 Å². The summed E-state index contributed by atoms with van der Waals surface area (Å²) in [5.41, 5.74) is -0.118. The SMILES string of the molecule is CC(C)c1cc(C(=O)NCC(C)(O)C(=O)O)c2ccccc2n1. The van der Waals surface area contributed by atoms with E-state index in [2.05, 4.69) is 10.3 Å². The minimum absolute atomic E-state index is 0.147. The number of hydrogen-bond donors (Lipinski definition) is 3. The Hall–Kier alpha value is -2.47. The minimum Gasteiger partial charge on any atom is -0.479 e. The van der Waals surface area contributed by atoms with Crippen LogP contribution in [-0.4, -0.2) is 39.2 Å². The summed E-state index contributed by atoms with van der Waals surface area (Å²) in [6.07, 6.45) is 0. The molecule has 1 atom stereocenters. The van der Waals surface area contributed by atoms with Crippen LogP contribution in [0.25, 0.3) is 10.9 Å². The molecule has 0 saturated heterocycles. The normalized spacial score (nSPS) is 13.8. The third-order valence-corrected chi connectivity index (χ3v) is 3.63. The molecule has 0 spiro atoms.